The number of hydrogen-bond donors (Lipinski definition) is 1. The third kappa shape index (κ3) is 7.20. The molecule has 1 aliphatic rings. The van der Waals surface area contributed by atoms with Crippen LogP contribution in [-0.4, -0.2) is 36.6 Å². The number of aromatic nitrogens is 2. The molecule has 0 spiro atoms. The number of esters is 1. The number of nitrogen functional groups attached to an aromatic ring is 1. The highest BCUT2D eigenvalue weighted by molar-refractivity contribution is 7.90. The number of nitrogens with two attached hydrogens (primary N) is 1. The Morgan fingerprint density at radius 1 is 1.05 bits per heavy atom. The molecule has 4 aromatic rings. The van der Waals surface area contributed by atoms with Crippen molar-refractivity contribution in [3.05, 3.63) is 100 Å². The maximum absolute atomic E-state index is 13.6. The minimum Gasteiger partial charge on any atom is -0.489 e. The molecule has 0 radical (unpaired) electrons. The van der Waals surface area contributed by atoms with Crippen LogP contribution in [0.5, 0.6) is 11.5 Å². The van der Waals surface area contributed by atoms with E-state index in [0.29, 0.717) is 29.3 Å². The van der Waals surface area contributed by atoms with Gasteiger partial charge in [-0.05, 0) is 78.4 Å². The summed E-state index contributed by atoms with van der Waals surface area (Å²) < 4.78 is 70.0. The van der Waals surface area contributed by atoms with Gasteiger partial charge >= 0.3 is 12.6 Å². The average Bonchev–Trinajstić information content (AvgIpc) is 3.65. The Balaban J connectivity index is 1.50. The van der Waals surface area contributed by atoms with Gasteiger partial charge < -0.3 is 19.9 Å². The molecule has 5 rings (SSSR count). The van der Waals surface area contributed by atoms with Gasteiger partial charge in [-0.3, -0.25) is 4.98 Å². The summed E-state index contributed by atoms with van der Waals surface area (Å²) in [5, 5.41) is 0.399. The lowest BCUT2D eigenvalue weighted by Crippen LogP contribution is -2.21. The highest BCUT2D eigenvalue weighted by Gasteiger charge is 2.29. The molecular weight excluding hydrogens is 627 g/mol. The molecule has 1 fully saturated rings. The largest absolute Gasteiger partial charge is 0.489 e. The Kier molecular flexibility index (Phi) is 9.09. The summed E-state index contributed by atoms with van der Waals surface area (Å²) in [6.07, 6.45) is 4.70. The zero-order valence-corrected chi connectivity index (χ0v) is 24.7. The van der Waals surface area contributed by atoms with E-state index in [2.05, 4.69) is 9.72 Å². The number of rotatable bonds is 12. The fraction of sp³-hybridized carbons (Fsp3) is 0.241. The Morgan fingerprint density at radius 2 is 1.74 bits per heavy atom. The summed E-state index contributed by atoms with van der Waals surface area (Å²) in [5.41, 5.74) is 6.51. The van der Waals surface area contributed by atoms with Crippen LogP contribution in [0.4, 0.5) is 14.5 Å². The van der Waals surface area contributed by atoms with Gasteiger partial charge in [0.15, 0.2) is 11.5 Å². The number of alkyl halides is 2. The first-order valence-electron chi connectivity index (χ1n) is 13.0. The number of benzene rings is 2. The van der Waals surface area contributed by atoms with E-state index in [9.17, 15) is 22.0 Å². The number of halogens is 4. The summed E-state index contributed by atoms with van der Waals surface area (Å²) in [4.78, 5) is 17.4. The third-order valence-electron chi connectivity index (χ3n) is 6.68. The van der Waals surface area contributed by atoms with E-state index >= 15 is 0 Å². The number of anilines is 1. The minimum atomic E-state index is -4.19. The van der Waals surface area contributed by atoms with Crippen LogP contribution in [-0.2, 0) is 21.2 Å². The molecule has 2 aromatic carbocycles. The monoisotopic (exact) mass is 651 g/mol. The SMILES string of the molecule is Nc1ccc(S(=O)(=O)n2cccc2C(=O)O[C@@H](Cc2c(Cl)cncc2Cl)c2ccc(OC(F)F)c(OCC3CC3)c2)cc1. The van der Waals surface area contributed by atoms with Crippen LogP contribution in [0.25, 0.3) is 0 Å². The quantitative estimate of drug-likeness (QED) is 0.135. The number of pyridine rings is 1. The Hall–Kier alpha value is -3.87. The van der Waals surface area contributed by atoms with Crippen LogP contribution in [0.2, 0.25) is 10.0 Å². The highest BCUT2D eigenvalue weighted by atomic mass is 35.5. The van der Waals surface area contributed by atoms with Gasteiger partial charge in [0.05, 0.1) is 21.5 Å². The highest BCUT2D eigenvalue weighted by Crippen LogP contribution is 2.38. The standard InChI is InChI=1S/C29H25Cl2F2N3O6S/c30-22-14-35-15-23(31)21(22)13-26(18-5-10-25(42-29(32)33)27(12-18)40-16-17-3-4-17)41-28(37)24-2-1-11-36(24)43(38,39)20-8-6-19(34)7-9-20/h1-2,5-12,14-15,17,26,29H,3-4,13,16,34H2/t26-/m0/s1. The zero-order valence-electron chi connectivity index (χ0n) is 22.3. The first-order chi connectivity index (χ1) is 20.5. The van der Waals surface area contributed by atoms with E-state index in [0.717, 1.165) is 16.8 Å². The number of hydrogen-bond acceptors (Lipinski definition) is 8. The predicted octanol–water partition coefficient (Wildman–Crippen LogP) is 6.54. The van der Waals surface area contributed by atoms with Gasteiger partial charge in [-0.1, -0.05) is 29.3 Å². The Morgan fingerprint density at radius 3 is 2.40 bits per heavy atom. The summed E-state index contributed by atoms with van der Waals surface area (Å²) in [6, 6.07) is 12.3. The van der Waals surface area contributed by atoms with E-state index < -0.39 is 28.7 Å². The molecule has 226 valence electrons. The van der Waals surface area contributed by atoms with E-state index in [4.69, 9.17) is 38.4 Å². The molecule has 1 atom stereocenters. The summed E-state index contributed by atoms with van der Waals surface area (Å²) in [6.45, 7) is -2.79. The molecular formula is C29H25Cl2F2N3O6S. The minimum absolute atomic E-state index is 0.0342. The molecule has 0 amide bonds. The second-order valence-corrected chi connectivity index (χ2v) is 12.4. The second-order valence-electron chi connectivity index (χ2n) is 9.78. The molecule has 0 saturated heterocycles. The molecule has 14 heteroatoms. The third-order valence-corrected chi connectivity index (χ3v) is 9.03. The van der Waals surface area contributed by atoms with Gasteiger partial charge in [-0.25, -0.2) is 17.2 Å². The van der Waals surface area contributed by atoms with Gasteiger partial charge in [0.1, 0.15) is 11.8 Å². The smallest absolute Gasteiger partial charge is 0.387 e. The van der Waals surface area contributed by atoms with E-state index in [1.807, 2.05) is 0 Å². The second kappa shape index (κ2) is 12.8. The maximum atomic E-state index is 13.6. The van der Waals surface area contributed by atoms with Crippen molar-refractivity contribution in [3.8, 4) is 11.5 Å². The van der Waals surface area contributed by atoms with Crippen LogP contribution in [0.1, 0.15) is 40.6 Å². The first-order valence-corrected chi connectivity index (χ1v) is 15.2. The van der Waals surface area contributed by atoms with E-state index in [1.54, 1.807) is 0 Å². The number of carbonyl (C=O) groups excluding carboxylic acids is 1. The number of ether oxygens (including phenoxy) is 3. The molecule has 2 aromatic heterocycles. The van der Waals surface area contributed by atoms with Crippen molar-refractivity contribution >= 4 is 44.9 Å². The normalized spacial score (nSPS) is 14.0. The molecule has 2 N–H and O–H groups in total. The van der Waals surface area contributed by atoms with Gasteiger partial charge in [0.2, 0.25) is 0 Å². The van der Waals surface area contributed by atoms with Gasteiger partial charge in [-0.15, -0.1) is 0 Å². The lowest BCUT2D eigenvalue weighted by molar-refractivity contribution is -0.0515. The van der Waals surface area contributed by atoms with Crippen molar-refractivity contribution in [2.45, 2.75) is 36.9 Å². The zero-order chi connectivity index (χ0) is 30.7. The van der Waals surface area contributed by atoms with Gasteiger partial charge in [0, 0.05) is 30.7 Å². The number of carbonyl (C=O) groups is 1. The van der Waals surface area contributed by atoms with E-state index in [1.165, 1.54) is 73.2 Å². The van der Waals surface area contributed by atoms with Crippen molar-refractivity contribution in [2.24, 2.45) is 5.92 Å². The Labute approximate surface area is 256 Å². The lowest BCUT2D eigenvalue weighted by atomic mass is 10.0. The first kappa shape index (κ1) is 30.6. The van der Waals surface area contributed by atoms with Crippen LogP contribution < -0.4 is 15.2 Å². The molecule has 0 unspecified atom stereocenters. The lowest BCUT2D eigenvalue weighted by Gasteiger charge is -2.22. The molecule has 1 aliphatic carbocycles. The molecule has 0 aliphatic heterocycles. The number of nitrogens with zero attached hydrogens (tertiary/aromatic N) is 2. The summed E-state index contributed by atoms with van der Waals surface area (Å²) in [7, 11) is -4.19. The average molecular weight is 653 g/mol. The van der Waals surface area contributed by atoms with Crippen LogP contribution in [0.3, 0.4) is 0 Å². The Bertz CT molecular complexity index is 1710. The van der Waals surface area contributed by atoms with Crippen molar-refractivity contribution in [1.29, 1.82) is 0 Å². The van der Waals surface area contributed by atoms with Crippen molar-refractivity contribution in [1.82, 2.24) is 8.96 Å². The molecule has 1 saturated carbocycles. The topological polar surface area (TPSA) is 123 Å². The van der Waals surface area contributed by atoms with Crippen LogP contribution in [0, 0.1) is 5.92 Å². The molecule has 9 nitrogen and oxygen atoms in total. The van der Waals surface area contributed by atoms with Crippen molar-refractivity contribution in [2.75, 3.05) is 12.3 Å². The van der Waals surface area contributed by atoms with Crippen molar-refractivity contribution < 1.29 is 36.2 Å². The fourth-order valence-corrected chi connectivity index (χ4v) is 6.10. The maximum Gasteiger partial charge on any atom is 0.387 e. The van der Waals surface area contributed by atoms with Crippen LogP contribution >= 0.6 is 23.2 Å². The van der Waals surface area contributed by atoms with Crippen LogP contribution in [0.15, 0.2) is 78.1 Å². The van der Waals surface area contributed by atoms with E-state index in [-0.39, 0.29) is 38.6 Å². The van der Waals surface area contributed by atoms with Gasteiger partial charge in [-0.2, -0.15) is 8.78 Å². The van der Waals surface area contributed by atoms with Crippen molar-refractivity contribution in [3.63, 3.8) is 0 Å². The summed E-state index contributed by atoms with van der Waals surface area (Å²) >= 11 is 12.7. The fourth-order valence-electron chi connectivity index (χ4n) is 4.25. The predicted molar refractivity (Wildman–Crippen MR) is 155 cm³/mol. The molecule has 0 bridgehead atoms. The summed E-state index contributed by atoms with van der Waals surface area (Å²) in [5.74, 6) is -0.828. The molecule has 43 heavy (non-hydrogen) atoms. The molecule has 2 heterocycles. The van der Waals surface area contributed by atoms with Gasteiger partial charge in [0.25, 0.3) is 10.0 Å².